The summed E-state index contributed by atoms with van der Waals surface area (Å²) in [4.78, 5) is 24.7. The molecule has 4 heteroatoms. The van der Waals surface area contributed by atoms with Crippen LogP contribution in [0.15, 0.2) is 53.8 Å². The maximum atomic E-state index is 12.5. The number of amides is 1. The van der Waals surface area contributed by atoms with Gasteiger partial charge in [0.2, 0.25) is 0 Å². The highest BCUT2D eigenvalue weighted by Crippen LogP contribution is 2.36. The molecule has 0 aliphatic heterocycles. The lowest BCUT2D eigenvalue weighted by Gasteiger charge is -2.29. The summed E-state index contributed by atoms with van der Waals surface area (Å²) in [5, 5.41) is 14.8. The lowest BCUT2D eigenvalue weighted by molar-refractivity contribution is -0.122. The summed E-state index contributed by atoms with van der Waals surface area (Å²) in [5.74, 6) is -0.972. The van der Waals surface area contributed by atoms with E-state index < -0.39 is 5.91 Å². The molecule has 1 aliphatic rings. The maximum Gasteiger partial charge on any atom is 0.262 e. The fourth-order valence-electron chi connectivity index (χ4n) is 3.07. The van der Waals surface area contributed by atoms with Crippen molar-refractivity contribution in [2.75, 3.05) is 5.32 Å². The number of Topliss-reactive ketones (excluding diaryl/α,β-unsaturated/α-hetero) is 1. The standard InChI is InChI=1S/C19H19NO3/c1-19(2)10-15(21)17(16(22)11-19)18(23)20-14-9-5-7-12-6-3-4-8-13(12)14/h3-9,21H,10-11H2,1-2H3,(H,20,23). The van der Waals surface area contributed by atoms with E-state index in [1.807, 2.05) is 50.2 Å². The molecule has 0 saturated heterocycles. The number of allylic oxidation sites excluding steroid dienone is 1. The first kappa shape index (κ1) is 15.3. The first-order valence-corrected chi connectivity index (χ1v) is 7.62. The number of aliphatic hydroxyl groups excluding tert-OH is 1. The Hall–Kier alpha value is -2.62. The van der Waals surface area contributed by atoms with Crippen LogP contribution in [0, 0.1) is 5.41 Å². The van der Waals surface area contributed by atoms with Crippen LogP contribution in [-0.2, 0) is 9.59 Å². The van der Waals surface area contributed by atoms with Crippen LogP contribution < -0.4 is 5.32 Å². The number of benzene rings is 2. The average molecular weight is 309 g/mol. The molecule has 23 heavy (non-hydrogen) atoms. The summed E-state index contributed by atoms with van der Waals surface area (Å²) in [6, 6.07) is 13.3. The van der Waals surface area contributed by atoms with Crippen molar-refractivity contribution in [3.8, 4) is 0 Å². The Morgan fingerprint density at radius 2 is 1.78 bits per heavy atom. The number of carbonyl (C=O) groups excluding carboxylic acids is 2. The summed E-state index contributed by atoms with van der Waals surface area (Å²) in [6.45, 7) is 3.81. The van der Waals surface area contributed by atoms with Crippen LogP contribution in [-0.4, -0.2) is 16.8 Å². The molecule has 0 aromatic heterocycles. The highest BCUT2D eigenvalue weighted by molar-refractivity contribution is 6.25. The number of hydrogen-bond acceptors (Lipinski definition) is 3. The van der Waals surface area contributed by atoms with E-state index in [4.69, 9.17) is 0 Å². The number of fused-ring (bicyclic) bond motifs is 1. The first-order valence-electron chi connectivity index (χ1n) is 7.62. The molecule has 0 atom stereocenters. The molecule has 0 unspecified atom stereocenters. The van der Waals surface area contributed by atoms with Crippen molar-refractivity contribution in [1.29, 1.82) is 0 Å². The van der Waals surface area contributed by atoms with Gasteiger partial charge in [0, 0.05) is 23.9 Å². The van der Waals surface area contributed by atoms with Crippen LogP contribution in [0.4, 0.5) is 5.69 Å². The van der Waals surface area contributed by atoms with E-state index in [1.54, 1.807) is 6.07 Å². The minimum Gasteiger partial charge on any atom is -0.511 e. The number of aliphatic hydroxyl groups is 1. The number of hydrogen-bond donors (Lipinski definition) is 2. The maximum absolute atomic E-state index is 12.5. The lowest BCUT2D eigenvalue weighted by atomic mass is 9.76. The van der Waals surface area contributed by atoms with Crippen molar-refractivity contribution in [2.24, 2.45) is 5.41 Å². The fourth-order valence-corrected chi connectivity index (χ4v) is 3.07. The Kier molecular flexibility index (Phi) is 3.68. The molecule has 2 aromatic rings. The van der Waals surface area contributed by atoms with Crippen LogP contribution in [0.1, 0.15) is 26.7 Å². The van der Waals surface area contributed by atoms with Gasteiger partial charge in [-0.2, -0.15) is 0 Å². The van der Waals surface area contributed by atoms with Crippen molar-refractivity contribution >= 4 is 28.2 Å². The molecular weight excluding hydrogens is 290 g/mol. The molecule has 3 rings (SSSR count). The predicted molar refractivity (Wildman–Crippen MR) is 90.3 cm³/mol. The van der Waals surface area contributed by atoms with Crippen LogP contribution in [0.25, 0.3) is 10.8 Å². The summed E-state index contributed by atoms with van der Waals surface area (Å²) in [7, 11) is 0. The van der Waals surface area contributed by atoms with E-state index in [-0.39, 0.29) is 29.0 Å². The Morgan fingerprint density at radius 3 is 2.52 bits per heavy atom. The summed E-state index contributed by atoms with van der Waals surface area (Å²) in [5.41, 5.74) is 0.202. The summed E-state index contributed by atoms with van der Waals surface area (Å²) >= 11 is 0. The van der Waals surface area contributed by atoms with Crippen LogP contribution in [0.3, 0.4) is 0 Å². The van der Waals surface area contributed by atoms with Crippen molar-refractivity contribution in [3.63, 3.8) is 0 Å². The quantitative estimate of drug-likeness (QED) is 0.825. The Labute approximate surface area is 134 Å². The molecule has 0 heterocycles. The van der Waals surface area contributed by atoms with E-state index in [0.717, 1.165) is 10.8 Å². The number of anilines is 1. The first-order chi connectivity index (χ1) is 10.9. The van der Waals surface area contributed by atoms with Crippen molar-refractivity contribution in [1.82, 2.24) is 0 Å². The van der Waals surface area contributed by atoms with Gasteiger partial charge in [-0.3, -0.25) is 9.59 Å². The topological polar surface area (TPSA) is 66.4 Å². The predicted octanol–water partition coefficient (Wildman–Crippen LogP) is 3.98. The fraction of sp³-hybridized carbons (Fsp3) is 0.263. The molecule has 4 nitrogen and oxygen atoms in total. The van der Waals surface area contributed by atoms with Gasteiger partial charge in [-0.05, 0) is 16.9 Å². The van der Waals surface area contributed by atoms with Gasteiger partial charge in [-0.1, -0.05) is 50.2 Å². The van der Waals surface area contributed by atoms with Gasteiger partial charge in [0.05, 0.1) is 0 Å². The SMILES string of the molecule is CC1(C)CC(=O)C(C(=O)Nc2cccc3ccccc23)=C(O)C1. The molecule has 0 saturated carbocycles. The third-order valence-corrected chi connectivity index (χ3v) is 4.12. The zero-order valence-electron chi connectivity index (χ0n) is 13.2. The highest BCUT2D eigenvalue weighted by Gasteiger charge is 2.36. The zero-order chi connectivity index (χ0) is 16.6. The number of ketones is 1. The third-order valence-electron chi connectivity index (χ3n) is 4.12. The van der Waals surface area contributed by atoms with Crippen LogP contribution in [0.5, 0.6) is 0 Å². The Bertz CT molecular complexity index is 828. The van der Waals surface area contributed by atoms with E-state index in [2.05, 4.69) is 5.32 Å². The average Bonchev–Trinajstić information content (AvgIpc) is 2.45. The minimum absolute atomic E-state index is 0.114. The van der Waals surface area contributed by atoms with Gasteiger partial charge in [0.15, 0.2) is 5.78 Å². The molecule has 2 N–H and O–H groups in total. The number of nitrogens with one attached hydrogen (secondary N) is 1. The van der Waals surface area contributed by atoms with Gasteiger partial charge in [0.1, 0.15) is 11.3 Å². The molecular formula is C19H19NO3. The van der Waals surface area contributed by atoms with Gasteiger partial charge in [0.25, 0.3) is 5.91 Å². The monoisotopic (exact) mass is 309 g/mol. The molecule has 0 bridgehead atoms. The van der Waals surface area contributed by atoms with Crippen molar-refractivity contribution < 1.29 is 14.7 Å². The van der Waals surface area contributed by atoms with Gasteiger partial charge >= 0.3 is 0 Å². The molecule has 0 fully saturated rings. The minimum atomic E-state index is -0.542. The van der Waals surface area contributed by atoms with E-state index in [1.165, 1.54) is 0 Å². The van der Waals surface area contributed by atoms with Gasteiger partial charge < -0.3 is 10.4 Å². The second-order valence-electron chi connectivity index (χ2n) is 6.74. The van der Waals surface area contributed by atoms with Gasteiger partial charge in [-0.15, -0.1) is 0 Å². The Balaban J connectivity index is 1.94. The Morgan fingerprint density at radius 1 is 1.09 bits per heavy atom. The summed E-state index contributed by atoms with van der Waals surface area (Å²) < 4.78 is 0. The molecule has 1 amide bonds. The largest absolute Gasteiger partial charge is 0.511 e. The molecule has 0 radical (unpaired) electrons. The summed E-state index contributed by atoms with van der Waals surface area (Å²) in [6.07, 6.45) is 0.590. The smallest absolute Gasteiger partial charge is 0.262 e. The molecule has 0 spiro atoms. The van der Waals surface area contributed by atoms with E-state index >= 15 is 0 Å². The second-order valence-corrected chi connectivity index (χ2v) is 6.74. The third kappa shape index (κ3) is 2.97. The van der Waals surface area contributed by atoms with Crippen LogP contribution in [0.2, 0.25) is 0 Å². The molecule has 1 aliphatic carbocycles. The number of carbonyl (C=O) groups is 2. The van der Waals surface area contributed by atoms with E-state index in [0.29, 0.717) is 12.1 Å². The molecule has 2 aromatic carbocycles. The number of rotatable bonds is 2. The van der Waals surface area contributed by atoms with E-state index in [9.17, 15) is 14.7 Å². The van der Waals surface area contributed by atoms with Crippen molar-refractivity contribution in [2.45, 2.75) is 26.7 Å². The van der Waals surface area contributed by atoms with Gasteiger partial charge in [-0.25, -0.2) is 0 Å². The molecule has 118 valence electrons. The zero-order valence-corrected chi connectivity index (χ0v) is 13.2. The second kappa shape index (κ2) is 5.54. The highest BCUT2D eigenvalue weighted by atomic mass is 16.3. The normalized spacial score (nSPS) is 17.4. The van der Waals surface area contributed by atoms with Crippen molar-refractivity contribution in [3.05, 3.63) is 53.8 Å². The lowest BCUT2D eigenvalue weighted by Crippen LogP contribution is -2.31. The van der Waals surface area contributed by atoms with Crippen LogP contribution >= 0.6 is 0 Å².